The maximum absolute atomic E-state index is 13.5. The number of rotatable bonds is 16. The second kappa shape index (κ2) is 16.5. The highest BCUT2D eigenvalue weighted by Gasteiger charge is 2.25. The molecule has 1 aliphatic rings. The standard InChI is InChI=1S/C36H47NO6S/c1-6-9-15-34(29-18-17-27-13-10-11-14-28(27)23-29)43-24-26-16-19-31(32(22-26)30(12-7-2)25(4)8-3)35(38)37-33(36(39)40)20-21-44(5,41)42/h7-8,12,16-19,22-23,33-34H,2,6,9-11,13-15,20-21,24H2,1,3-5H3,(H,37,38)(H,39,40)/b25-8-,30-12+. The van der Waals surface area contributed by atoms with E-state index < -0.39 is 27.8 Å². The van der Waals surface area contributed by atoms with Gasteiger partial charge >= 0.3 is 5.97 Å². The van der Waals surface area contributed by atoms with Crippen molar-refractivity contribution in [2.45, 2.75) is 90.9 Å². The van der Waals surface area contributed by atoms with Crippen LogP contribution in [0.15, 0.2) is 66.8 Å². The molecule has 2 unspecified atom stereocenters. The van der Waals surface area contributed by atoms with Crippen molar-refractivity contribution in [1.29, 1.82) is 0 Å². The summed E-state index contributed by atoms with van der Waals surface area (Å²) >= 11 is 0. The summed E-state index contributed by atoms with van der Waals surface area (Å²) in [5, 5.41) is 12.2. The summed E-state index contributed by atoms with van der Waals surface area (Å²) in [6.45, 7) is 10.2. The van der Waals surface area contributed by atoms with Crippen LogP contribution in [0.25, 0.3) is 5.57 Å². The zero-order valence-electron chi connectivity index (χ0n) is 26.5. The van der Waals surface area contributed by atoms with Crippen molar-refractivity contribution in [2.75, 3.05) is 12.0 Å². The van der Waals surface area contributed by atoms with E-state index in [0.717, 1.165) is 55.1 Å². The van der Waals surface area contributed by atoms with Gasteiger partial charge in [0.2, 0.25) is 0 Å². The highest BCUT2D eigenvalue weighted by atomic mass is 32.2. The van der Waals surface area contributed by atoms with Crippen molar-refractivity contribution in [2.24, 2.45) is 0 Å². The highest BCUT2D eigenvalue weighted by Crippen LogP contribution is 2.32. The van der Waals surface area contributed by atoms with E-state index in [2.05, 4.69) is 37.0 Å². The number of allylic oxidation sites excluding steroid dienone is 5. The predicted molar refractivity (Wildman–Crippen MR) is 177 cm³/mol. The number of amides is 1. The number of unbranched alkanes of at least 4 members (excludes halogenated alkanes) is 1. The zero-order valence-corrected chi connectivity index (χ0v) is 27.3. The minimum atomic E-state index is -3.40. The third-order valence-electron chi connectivity index (χ3n) is 8.16. The number of aryl methyl sites for hydroxylation is 2. The van der Waals surface area contributed by atoms with Gasteiger partial charge in [0.25, 0.3) is 5.91 Å². The van der Waals surface area contributed by atoms with Gasteiger partial charge in [-0.2, -0.15) is 0 Å². The molecule has 3 rings (SSSR count). The molecule has 238 valence electrons. The summed E-state index contributed by atoms with van der Waals surface area (Å²) in [5.41, 5.74) is 7.52. The van der Waals surface area contributed by atoms with Gasteiger partial charge in [0, 0.05) is 11.8 Å². The molecule has 2 N–H and O–H groups in total. The van der Waals surface area contributed by atoms with Gasteiger partial charge in [0.1, 0.15) is 15.9 Å². The average molecular weight is 622 g/mol. The first-order chi connectivity index (χ1) is 21.0. The molecule has 44 heavy (non-hydrogen) atoms. The van der Waals surface area contributed by atoms with Gasteiger partial charge in [-0.05, 0) is 103 Å². The molecule has 1 aliphatic carbocycles. The SMILES string of the molecule is C=C/C=C(\C(C)=C/C)c1cc(COC(CCCC)c2ccc3c(c2)CCCC3)ccc1C(=O)NC(CCS(C)(=O)=O)C(=O)O. The second-order valence-electron chi connectivity index (χ2n) is 11.6. The lowest BCUT2D eigenvalue weighted by Crippen LogP contribution is -2.42. The van der Waals surface area contributed by atoms with E-state index in [1.54, 1.807) is 12.1 Å². The van der Waals surface area contributed by atoms with E-state index in [1.807, 2.05) is 38.1 Å². The third-order valence-corrected chi connectivity index (χ3v) is 9.13. The molecule has 2 atom stereocenters. The molecule has 0 heterocycles. The summed E-state index contributed by atoms with van der Waals surface area (Å²) in [4.78, 5) is 25.4. The van der Waals surface area contributed by atoms with Crippen LogP contribution in [0, 0.1) is 0 Å². The predicted octanol–water partition coefficient (Wildman–Crippen LogP) is 7.17. The number of carboxylic acids is 1. The Morgan fingerprint density at radius 3 is 2.43 bits per heavy atom. The van der Waals surface area contributed by atoms with Gasteiger partial charge < -0.3 is 15.2 Å². The number of sulfone groups is 1. The largest absolute Gasteiger partial charge is 0.480 e. The minimum absolute atomic E-state index is 0.0553. The summed E-state index contributed by atoms with van der Waals surface area (Å²) in [6, 6.07) is 10.8. The van der Waals surface area contributed by atoms with Crippen molar-refractivity contribution in [3.05, 3.63) is 100 Å². The average Bonchev–Trinajstić information content (AvgIpc) is 3.00. The Labute approximate surface area is 263 Å². The Morgan fingerprint density at radius 2 is 1.80 bits per heavy atom. The van der Waals surface area contributed by atoms with Crippen LogP contribution in [0.2, 0.25) is 0 Å². The van der Waals surface area contributed by atoms with Gasteiger partial charge in [-0.25, -0.2) is 13.2 Å². The molecule has 2 aromatic carbocycles. The topological polar surface area (TPSA) is 110 Å². The molecular weight excluding hydrogens is 574 g/mol. The quantitative estimate of drug-likeness (QED) is 0.192. The summed E-state index contributed by atoms with van der Waals surface area (Å²) in [6.07, 6.45) is 13.9. The van der Waals surface area contributed by atoms with Crippen LogP contribution < -0.4 is 5.32 Å². The van der Waals surface area contributed by atoms with E-state index in [9.17, 15) is 23.1 Å². The van der Waals surface area contributed by atoms with E-state index >= 15 is 0 Å². The molecule has 0 fully saturated rings. The van der Waals surface area contributed by atoms with Gasteiger partial charge in [-0.1, -0.05) is 68.8 Å². The minimum Gasteiger partial charge on any atom is -0.480 e. The van der Waals surface area contributed by atoms with E-state index in [-0.39, 0.29) is 23.8 Å². The molecule has 0 saturated heterocycles. The molecule has 8 heteroatoms. The van der Waals surface area contributed by atoms with E-state index in [4.69, 9.17) is 4.74 Å². The smallest absolute Gasteiger partial charge is 0.326 e. The van der Waals surface area contributed by atoms with Crippen molar-refractivity contribution >= 4 is 27.3 Å². The van der Waals surface area contributed by atoms with E-state index in [0.29, 0.717) is 12.2 Å². The Kier molecular flexibility index (Phi) is 13.2. The van der Waals surface area contributed by atoms with Crippen LogP contribution in [0.3, 0.4) is 0 Å². The normalized spacial score (nSPS) is 15.3. The van der Waals surface area contributed by atoms with Crippen LogP contribution in [0.1, 0.15) is 104 Å². The van der Waals surface area contributed by atoms with Crippen molar-refractivity contribution in [3.8, 4) is 0 Å². The molecule has 1 amide bonds. The molecule has 0 saturated carbocycles. The van der Waals surface area contributed by atoms with E-state index in [1.165, 1.54) is 29.5 Å². The number of fused-ring (bicyclic) bond motifs is 1. The number of carbonyl (C=O) groups is 2. The van der Waals surface area contributed by atoms with Gasteiger partial charge in [0.15, 0.2) is 0 Å². The molecular formula is C36H47NO6S. The third kappa shape index (κ3) is 10.0. The molecule has 7 nitrogen and oxygen atoms in total. The molecule has 0 radical (unpaired) electrons. The first kappa shape index (κ1) is 35.0. The van der Waals surface area contributed by atoms with Crippen LogP contribution >= 0.6 is 0 Å². The summed E-state index contributed by atoms with van der Waals surface area (Å²) in [7, 11) is -3.40. The fourth-order valence-corrected chi connectivity index (χ4v) is 6.18. The lowest BCUT2D eigenvalue weighted by atomic mass is 9.89. The van der Waals surface area contributed by atoms with Crippen molar-refractivity contribution in [1.82, 2.24) is 5.32 Å². The molecule has 0 bridgehead atoms. The fraction of sp³-hybridized carbons (Fsp3) is 0.444. The van der Waals surface area contributed by atoms with Gasteiger partial charge in [-0.3, -0.25) is 4.79 Å². The van der Waals surface area contributed by atoms with Crippen LogP contribution in [-0.2, 0) is 38.8 Å². The summed E-state index contributed by atoms with van der Waals surface area (Å²) in [5.74, 6) is -2.24. The molecule has 0 aromatic heterocycles. The zero-order chi connectivity index (χ0) is 32.3. The Hall–Kier alpha value is -3.49. The number of carboxylic acid groups (broad SMARTS) is 1. The first-order valence-corrected chi connectivity index (χ1v) is 17.6. The Balaban J connectivity index is 1.94. The molecule has 2 aromatic rings. The van der Waals surface area contributed by atoms with Gasteiger partial charge in [-0.15, -0.1) is 0 Å². The lowest BCUT2D eigenvalue weighted by molar-refractivity contribution is -0.139. The first-order valence-electron chi connectivity index (χ1n) is 15.5. The van der Waals surface area contributed by atoms with Crippen LogP contribution in [-0.4, -0.2) is 43.5 Å². The maximum atomic E-state index is 13.5. The maximum Gasteiger partial charge on any atom is 0.326 e. The molecule has 0 aliphatic heterocycles. The summed E-state index contributed by atoms with van der Waals surface area (Å²) < 4.78 is 29.9. The van der Waals surface area contributed by atoms with Crippen molar-refractivity contribution < 1.29 is 27.9 Å². The molecule has 0 spiro atoms. The second-order valence-corrected chi connectivity index (χ2v) is 13.9. The Bertz CT molecular complexity index is 1500. The number of hydrogen-bond donors (Lipinski definition) is 2. The monoisotopic (exact) mass is 621 g/mol. The van der Waals surface area contributed by atoms with Crippen molar-refractivity contribution in [3.63, 3.8) is 0 Å². The Morgan fingerprint density at radius 1 is 1.07 bits per heavy atom. The number of hydrogen-bond acceptors (Lipinski definition) is 5. The lowest BCUT2D eigenvalue weighted by Gasteiger charge is -2.23. The van der Waals surface area contributed by atoms with Crippen LogP contribution in [0.5, 0.6) is 0 Å². The number of benzene rings is 2. The number of ether oxygens (including phenoxy) is 1. The number of nitrogens with one attached hydrogen (secondary N) is 1. The fourth-order valence-electron chi connectivity index (χ4n) is 5.52. The van der Waals surface area contributed by atoms with Crippen LogP contribution in [0.4, 0.5) is 0 Å². The highest BCUT2D eigenvalue weighted by molar-refractivity contribution is 7.90. The number of carbonyl (C=O) groups excluding carboxylic acids is 1. The number of aliphatic carboxylic acids is 1. The van der Waals surface area contributed by atoms with Gasteiger partial charge in [0.05, 0.1) is 18.5 Å².